The van der Waals surface area contributed by atoms with E-state index in [1.807, 2.05) is 0 Å². The summed E-state index contributed by atoms with van der Waals surface area (Å²) in [4.78, 5) is 10.0. The van der Waals surface area contributed by atoms with E-state index < -0.39 is 31.0 Å². The van der Waals surface area contributed by atoms with Gasteiger partial charge < -0.3 is 31.0 Å². The fourth-order valence-corrected chi connectivity index (χ4v) is 0.644. The van der Waals surface area contributed by atoms with Crippen LogP contribution in [-0.4, -0.2) is 57.7 Å². The number of aliphatic hydroxyl groups excluding tert-OH is 4. The third-order valence-electron chi connectivity index (χ3n) is 1.48. The number of rotatable bonds is 5. The normalized spacial score (nSPS) is 19.5. The topological polar surface area (TPSA) is 124 Å². The van der Waals surface area contributed by atoms with Crippen molar-refractivity contribution in [3.63, 3.8) is 0 Å². The van der Waals surface area contributed by atoms with Crippen LogP contribution in [0.3, 0.4) is 0 Å². The first-order valence-corrected chi connectivity index (χ1v) is 3.40. The van der Waals surface area contributed by atoms with Crippen molar-refractivity contribution in [2.45, 2.75) is 24.4 Å². The number of carbonyl (C=O) groups excluding carboxylic acids is 1. The summed E-state index contributed by atoms with van der Waals surface area (Å²) in [5.74, 6) is 0. The molecule has 7 heteroatoms. The summed E-state index contributed by atoms with van der Waals surface area (Å²) < 4.78 is 0. The second kappa shape index (κ2) is 7.40. The Hall–Kier alpha value is -0.0105. The number of carbonyl (C=O) groups is 1. The molecule has 83 valence electrons. The molecule has 1 radical (unpaired) electrons. The molecular weight excluding hydrogens is 230 g/mol. The van der Waals surface area contributed by atoms with Crippen molar-refractivity contribution in [2.75, 3.05) is 6.61 Å². The SMILES string of the molecule is N[C@@H](C=O)[C@@H](O)[C@H](O)[C@H](O)CO.[Cu]. The molecule has 4 atom stereocenters. The molecule has 0 heterocycles. The van der Waals surface area contributed by atoms with Crippen molar-refractivity contribution in [3.05, 3.63) is 0 Å². The first-order valence-electron chi connectivity index (χ1n) is 3.40. The predicted molar refractivity (Wildman–Crippen MR) is 39.1 cm³/mol. The first kappa shape index (κ1) is 15.5. The Kier molecular flexibility index (Phi) is 8.80. The summed E-state index contributed by atoms with van der Waals surface area (Å²) >= 11 is 0. The third kappa shape index (κ3) is 4.68. The van der Waals surface area contributed by atoms with E-state index >= 15 is 0 Å². The van der Waals surface area contributed by atoms with Crippen LogP contribution < -0.4 is 5.73 Å². The molecule has 0 aliphatic carbocycles. The molecule has 0 aromatic carbocycles. The maximum absolute atomic E-state index is 10.0. The largest absolute Gasteiger partial charge is 0.394 e. The van der Waals surface area contributed by atoms with Crippen LogP contribution >= 0.6 is 0 Å². The molecule has 0 spiro atoms. The maximum atomic E-state index is 10.0. The minimum atomic E-state index is -1.62. The Morgan fingerprint density at radius 1 is 1.23 bits per heavy atom. The zero-order chi connectivity index (χ0) is 9.72. The van der Waals surface area contributed by atoms with Gasteiger partial charge in [-0.15, -0.1) is 0 Å². The molecular formula is C6H13CuNO5. The van der Waals surface area contributed by atoms with Crippen molar-refractivity contribution in [3.8, 4) is 0 Å². The molecule has 6 N–H and O–H groups in total. The van der Waals surface area contributed by atoms with Crippen LogP contribution in [0, 0.1) is 0 Å². The second-order valence-electron chi connectivity index (χ2n) is 2.44. The Bertz CT molecular complexity index is 147. The van der Waals surface area contributed by atoms with E-state index in [9.17, 15) is 4.79 Å². The smallest absolute Gasteiger partial charge is 0.139 e. The van der Waals surface area contributed by atoms with Crippen molar-refractivity contribution >= 4 is 6.29 Å². The van der Waals surface area contributed by atoms with Crippen LogP contribution in [0.25, 0.3) is 0 Å². The van der Waals surface area contributed by atoms with Crippen molar-refractivity contribution in [1.82, 2.24) is 0 Å². The van der Waals surface area contributed by atoms with Crippen LogP contribution in [0.1, 0.15) is 0 Å². The summed E-state index contributed by atoms with van der Waals surface area (Å²) in [5.41, 5.74) is 5.04. The minimum absolute atomic E-state index is 0. The molecule has 13 heavy (non-hydrogen) atoms. The summed E-state index contributed by atoms with van der Waals surface area (Å²) in [6.45, 7) is -0.705. The van der Waals surface area contributed by atoms with Gasteiger partial charge in [-0.25, -0.2) is 0 Å². The van der Waals surface area contributed by atoms with Crippen molar-refractivity contribution < 1.29 is 42.3 Å². The number of nitrogens with two attached hydrogens (primary N) is 1. The molecule has 0 aliphatic heterocycles. The van der Waals surface area contributed by atoms with E-state index in [1.165, 1.54) is 0 Å². The van der Waals surface area contributed by atoms with Gasteiger partial charge in [0.1, 0.15) is 24.6 Å². The molecule has 0 aromatic rings. The van der Waals surface area contributed by atoms with Crippen LogP contribution in [0.5, 0.6) is 0 Å². The van der Waals surface area contributed by atoms with E-state index in [2.05, 4.69) is 0 Å². The van der Waals surface area contributed by atoms with Gasteiger partial charge in [0.15, 0.2) is 0 Å². The fraction of sp³-hybridized carbons (Fsp3) is 0.833. The Morgan fingerprint density at radius 3 is 2.00 bits per heavy atom. The zero-order valence-corrected chi connectivity index (χ0v) is 7.61. The molecule has 0 bridgehead atoms. The molecule has 0 unspecified atom stereocenters. The van der Waals surface area contributed by atoms with Gasteiger partial charge in [0.05, 0.1) is 12.6 Å². The van der Waals surface area contributed by atoms with Crippen molar-refractivity contribution in [1.29, 1.82) is 0 Å². The number of hydrogen-bond acceptors (Lipinski definition) is 6. The van der Waals surface area contributed by atoms with Gasteiger partial charge in [-0.2, -0.15) is 0 Å². The minimum Gasteiger partial charge on any atom is -0.394 e. The molecule has 0 saturated carbocycles. The van der Waals surface area contributed by atoms with E-state index in [-0.39, 0.29) is 23.4 Å². The molecule has 0 fully saturated rings. The molecule has 6 nitrogen and oxygen atoms in total. The molecule has 0 aliphatic rings. The standard InChI is InChI=1S/C6H13NO5.Cu/c7-3(1-8)5(11)6(12)4(10)2-9;/h1,3-6,9-12H,2,7H2;/t3-,4+,5+,6+;/m0./s1. The Morgan fingerprint density at radius 2 is 1.69 bits per heavy atom. The number of hydrogen-bond donors (Lipinski definition) is 5. The molecule has 0 rings (SSSR count). The maximum Gasteiger partial charge on any atom is 0.139 e. The molecule has 0 aromatic heterocycles. The van der Waals surface area contributed by atoms with Gasteiger partial charge in [0, 0.05) is 17.1 Å². The average Bonchev–Trinajstić information content (AvgIpc) is 2.12. The van der Waals surface area contributed by atoms with Gasteiger partial charge in [0.2, 0.25) is 0 Å². The molecule has 0 amide bonds. The Balaban J connectivity index is 0. The van der Waals surface area contributed by atoms with E-state index in [0.29, 0.717) is 0 Å². The van der Waals surface area contributed by atoms with Gasteiger partial charge in [-0.1, -0.05) is 0 Å². The van der Waals surface area contributed by atoms with Gasteiger partial charge in [-0.05, 0) is 0 Å². The van der Waals surface area contributed by atoms with Crippen LogP contribution in [0.15, 0.2) is 0 Å². The van der Waals surface area contributed by atoms with Crippen LogP contribution in [-0.2, 0) is 21.9 Å². The van der Waals surface area contributed by atoms with Gasteiger partial charge >= 0.3 is 0 Å². The second-order valence-corrected chi connectivity index (χ2v) is 2.44. The Labute approximate surface area is 85.8 Å². The van der Waals surface area contributed by atoms with Crippen LogP contribution in [0.2, 0.25) is 0 Å². The fourth-order valence-electron chi connectivity index (χ4n) is 0.644. The third-order valence-corrected chi connectivity index (χ3v) is 1.48. The zero-order valence-electron chi connectivity index (χ0n) is 6.67. The predicted octanol–water partition coefficient (Wildman–Crippen LogP) is -3.41. The monoisotopic (exact) mass is 242 g/mol. The van der Waals surface area contributed by atoms with E-state index in [0.717, 1.165) is 0 Å². The average molecular weight is 243 g/mol. The van der Waals surface area contributed by atoms with E-state index in [4.69, 9.17) is 26.2 Å². The molecule has 0 saturated heterocycles. The summed E-state index contributed by atoms with van der Waals surface area (Å²) in [7, 11) is 0. The summed E-state index contributed by atoms with van der Waals surface area (Å²) in [5, 5.41) is 35.2. The first-order chi connectivity index (χ1) is 5.54. The van der Waals surface area contributed by atoms with E-state index in [1.54, 1.807) is 0 Å². The van der Waals surface area contributed by atoms with Gasteiger partial charge in [0.25, 0.3) is 0 Å². The van der Waals surface area contributed by atoms with Crippen molar-refractivity contribution in [2.24, 2.45) is 5.73 Å². The summed E-state index contributed by atoms with van der Waals surface area (Å²) in [6, 6.07) is -1.26. The number of aldehydes is 1. The summed E-state index contributed by atoms with van der Waals surface area (Å²) in [6.07, 6.45) is -4.43. The number of aliphatic hydroxyl groups is 4. The van der Waals surface area contributed by atoms with Gasteiger partial charge in [-0.3, -0.25) is 0 Å². The van der Waals surface area contributed by atoms with Crippen LogP contribution in [0.4, 0.5) is 0 Å². The quantitative estimate of drug-likeness (QED) is 0.253.